The van der Waals surface area contributed by atoms with Crippen molar-refractivity contribution >= 4 is 27.3 Å². The summed E-state index contributed by atoms with van der Waals surface area (Å²) in [5.41, 5.74) is 0.420. The third kappa shape index (κ3) is 4.55. The Morgan fingerprint density at radius 3 is 2.80 bits per heavy atom. The van der Waals surface area contributed by atoms with Crippen molar-refractivity contribution in [2.24, 2.45) is 4.99 Å². The van der Waals surface area contributed by atoms with Gasteiger partial charge in [-0.25, -0.2) is 13.4 Å². The first-order valence-electron chi connectivity index (χ1n) is 7.79. The zero-order chi connectivity index (χ0) is 17.7. The van der Waals surface area contributed by atoms with Gasteiger partial charge in [0, 0.05) is 50.9 Å². The van der Waals surface area contributed by atoms with E-state index in [1.54, 1.807) is 30.6 Å². The summed E-state index contributed by atoms with van der Waals surface area (Å²) < 4.78 is 31.1. The summed E-state index contributed by atoms with van der Waals surface area (Å²) in [7, 11) is -1.67. The van der Waals surface area contributed by atoms with Crippen LogP contribution in [0.15, 0.2) is 33.4 Å². The van der Waals surface area contributed by atoms with Crippen molar-refractivity contribution in [2.75, 3.05) is 33.2 Å². The highest BCUT2D eigenvalue weighted by atomic mass is 32.2. The Morgan fingerprint density at radius 2 is 2.20 bits per heavy atom. The molecule has 0 radical (unpaired) electrons. The lowest BCUT2D eigenvalue weighted by molar-refractivity contribution is 0.259. The number of nitrogens with zero attached hydrogens (tertiary/aromatic N) is 5. The molecular formula is C14H20N6O3S2. The fraction of sp³-hybridized carbons (Fsp3) is 0.500. The molecule has 1 N–H and O–H groups in total. The molecular weight excluding hydrogens is 364 g/mol. The van der Waals surface area contributed by atoms with E-state index in [9.17, 15) is 8.42 Å². The molecule has 1 fully saturated rings. The fourth-order valence-electron chi connectivity index (χ4n) is 2.60. The number of guanidine groups is 1. The molecule has 0 bridgehead atoms. The van der Waals surface area contributed by atoms with E-state index < -0.39 is 10.0 Å². The van der Waals surface area contributed by atoms with Gasteiger partial charge in [0.15, 0.2) is 5.96 Å². The van der Waals surface area contributed by atoms with Crippen LogP contribution in [0.25, 0.3) is 0 Å². The van der Waals surface area contributed by atoms with Crippen LogP contribution in [0, 0.1) is 0 Å². The van der Waals surface area contributed by atoms with Gasteiger partial charge in [-0.3, -0.25) is 4.99 Å². The lowest BCUT2D eigenvalue weighted by Gasteiger charge is -2.35. The number of rotatable bonds is 5. The van der Waals surface area contributed by atoms with Crippen LogP contribution in [0.1, 0.15) is 10.7 Å². The van der Waals surface area contributed by atoms with Gasteiger partial charge in [-0.1, -0.05) is 5.16 Å². The first-order valence-corrected chi connectivity index (χ1v) is 10.3. The second-order valence-electron chi connectivity index (χ2n) is 5.46. The molecule has 3 heterocycles. The van der Waals surface area contributed by atoms with Crippen molar-refractivity contribution in [3.63, 3.8) is 0 Å². The molecule has 25 heavy (non-hydrogen) atoms. The fourth-order valence-corrected chi connectivity index (χ4v) is 4.58. The molecule has 2 aromatic rings. The van der Waals surface area contributed by atoms with E-state index in [1.807, 2.05) is 5.38 Å². The summed E-state index contributed by atoms with van der Waals surface area (Å²) in [6.45, 7) is 2.59. The molecule has 11 heteroatoms. The van der Waals surface area contributed by atoms with E-state index in [2.05, 4.69) is 25.3 Å². The van der Waals surface area contributed by atoms with E-state index in [4.69, 9.17) is 4.52 Å². The van der Waals surface area contributed by atoms with E-state index in [0.29, 0.717) is 38.4 Å². The lowest BCUT2D eigenvalue weighted by atomic mass is 10.4. The third-order valence-electron chi connectivity index (χ3n) is 3.85. The van der Waals surface area contributed by atoms with Gasteiger partial charge < -0.3 is 14.7 Å². The van der Waals surface area contributed by atoms with Crippen LogP contribution >= 0.6 is 11.3 Å². The van der Waals surface area contributed by atoms with Gasteiger partial charge in [-0.2, -0.15) is 4.31 Å². The van der Waals surface area contributed by atoms with Crippen LogP contribution in [-0.4, -0.2) is 66.9 Å². The van der Waals surface area contributed by atoms with Crippen LogP contribution < -0.4 is 5.32 Å². The maximum atomic E-state index is 12.5. The van der Waals surface area contributed by atoms with E-state index in [1.165, 1.54) is 10.6 Å². The second-order valence-corrected chi connectivity index (χ2v) is 8.41. The summed E-state index contributed by atoms with van der Waals surface area (Å²) in [6, 6.07) is 1.57. The molecule has 1 aliphatic rings. The van der Waals surface area contributed by atoms with E-state index in [-0.39, 0.29) is 5.75 Å². The van der Waals surface area contributed by atoms with Crippen LogP contribution in [0.3, 0.4) is 0 Å². The Hall–Kier alpha value is -1.98. The minimum Gasteiger partial charge on any atom is -0.364 e. The Labute approximate surface area is 150 Å². The predicted octanol–water partition coefficient (Wildman–Crippen LogP) is 0.354. The number of thiazole rings is 1. The SMILES string of the molecule is CN=C(NCc1nccs1)N1CCN(S(=O)(=O)Cc2ccon2)CC1. The van der Waals surface area contributed by atoms with E-state index >= 15 is 0 Å². The summed E-state index contributed by atoms with van der Waals surface area (Å²) in [4.78, 5) is 10.6. The minimum atomic E-state index is -3.39. The van der Waals surface area contributed by atoms with Crippen LogP contribution in [0.4, 0.5) is 0 Å². The van der Waals surface area contributed by atoms with Gasteiger partial charge in [0.1, 0.15) is 17.0 Å². The smallest absolute Gasteiger partial charge is 0.220 e. The summed E-state index contributed by atoms with van der Waals surface area (Å²) >= 11 is 1.58. The number of nitrogens with one attached hydrogen (secondary N) is 1. The standard InChI is InChI=1S/C14H20N6O3S2/c1-15-14(17-10-13-16-3-9-24-13)19-4-6-20(7-5-19)25(21,22)11-12-2-8-23-18-12/h2-3,8-9H,4-7,10-11H2,1H3,(H,15,17). The third-order valence-corrected chi connectivity index (χ3v) is 6.44. The molecule has 0 aliphatic carbocycles. The molecule has 0 spiro atoms. The molecule has 3 rings (SSSR count). The van der Waals surface area contributed by atoms with Crippen molar-refractivity contribution in [3.05, 3.63) is 34.6 Å². The number of sulfonamides is 1. The van der Waals surface area contributed by atoms with Crippen LogP contribution in [-0.2, 0) is 22.3 Å². The van der Waals surface area contributed by atoms with Crippen molar-refractivity contribution in [1.29, 1.82) is 0 Å². The average molecular weight is 384 g/mol. The first-order chi connectivity index (χ1) is 12.1. The maximum absolute atomic E-state index is 12.5. The molecule has 0 amide bonds. The summed E-state index contributed by atoms with van der Waals surface area (Å²) in [6.07, 6.45) is 3.14. The van der Waals surface area contributed by atoms with Crippen molar-refractivity contribution in [3.8, 4) is 0 Å². The van der Waals surface area contributed by atoms with Gasteiger partial charge in [-0.15, -0.1) is 11.3 Å². The molecule has 1 saturated heterocycles. The summed E-state index contributed by atoms with van der Waals surface area (Å²) in [5.74, 6) is 0.615. The van der Waals surface area contributed by atoms with Gasteiger partial charge >= 0.3 is 0 Å². The highest BCUT2D eigenvalue weighted by Gasteiger charge is 2.28. The van der Waals surface area contributed by atoms with E-state index in [0.717, 1.165) is 11.0 Å². The van der Waals surface area contributed by atoms with Crippen LogP contribution in [0.2, 0.25) is 0 Å². The highest BCUT2D eigenvalue weighted by molar-refractivity contribution is 7.88. The lowest BCUT2D eigenvalue weighted by Crippen LogP contribution is -2.53. The van der Waals surface area contributed by atoms with Gasteiger partial charge in [-0.05, 0) is 0 Å². The monoisotopic (exact) mass is 384 g/mol. The van der Waals surface area contributed by atoms with Crippen molar-refractivity contribution in [1.82, 2.24) is 24.7 Å². The number of hydrogen-bond donors (Lipinski definition) is 1. The Kier molecular flexibility index (Phi) is 5.66. The zero-order valence-electron chi connectivity index (χ0n) is 13.8. The second kappa shape index (κ2) is 7.93. The molecule has 0 saturated carbocycles. The molecule has 2 aromatic heterocycles. The molecule has 0 aromatic carbocycles. The zero-order valence-corrected chi connectivity index (χ0v) is 15.5. The Balaban J connectivity index is 1.53. The molecule has 0 atom stereocenters. The number of aromatic nitrogens is 2. The molecule has 1 aliphatic heterocycles. The molecule has 0 unspecified atom stereocenters. The number of hydrogen-bond acceptors (Lipinski definition) is 7. The quantitative estimate of drug-likeness (QED) is 0.586. The average Bonchev–Trinajstić information content (AvgIpc) is 3.29. The summed E-state index contributed by atoms with van der Waals surface area (Å²) in [5, 5.41) is 9.85. The molecule has 136 valence electrons. The number of piperazine rings is 1. The van der Waals surface area contributed by atoms with Gasteiger partial charge in [0.25, 0.3) is 0 Å². The Bertz CT molecular complexity index is 781. The van der Waals surface area contributed by atoms with Gasteiger partial charge in [0.2, 0.25) is 10.0 Å². The maximum Gasteiger partial charge on any atom is 0.220 e. The normalized spacial score (nSPS) is 17.0. The predicted molar refractivity (Wildman–Crippen MR) is 94.6 cm³/mol. The Morgan fingerprint density at radius 1 is 1.40 bits per heavy atom. The first kappa shape index (κ1) is 17.8. The van der Waals surface area contributed by atoms with Crippen LogP contribution in [0.5, 0.6) is 0 Å². The topological polar surface area (TPSA) is 104 Å². The largest absolute Gasteiger partial charge is 0.364 e. The molecule has 9 nitrogen and oxygen atoms in total. The highest BCUT2D eigenvalue weighted by Crippen LogP contribution is 2.13. The van der Waals surface area contributed by atoms with Gasteiger partial charge in [0.05, 0.1) is 12.2 Å². The van der Waals surface area contributed by atoms with Crippen molar-refractivity contribution < 1.29 is 12.9 Å². The minimum absolute atomic E-state index is 0.138. The van der Waals surface area contributed by atoms with Crippen molar-refractivity contribution in [2.45, 2.75) is 12.3 Å². The number of aliphatic imine (C=N–C) groups is 1.